The van der Waals surface area contributed by atoms with Crippen LogP contribution < -0.4 is 4.80 Å². The van der Waals surface area contributed by atoms with Crippen molar-refractivity contribution in [3.05, 3.63) is 58.4 Å². The summed E-state index contributed by atoms with van der Waals surface area (Å²) in [6.45, 7) is 3.14. The third kappa shape index (κ3) is 3.43. The molecule has 3 aromatic rings. The second-order valence-electron chi connectivity index (χ2n) is 6.97. The Morgan fingerprint density at radius 3 is 2.43 bits per heavy atom. The number of carbonyl (C=O) groups is 1. The summed E-state index contributed by atoms with van der Waals surface area (Å²) in [5.74, 6) is -0.385. The summed E-state index contributed by atoms with van der Waals surface area (Å²) in [5.41, 5.74) is 2.55. The first-order valence-corrected chi connectivity index (χ1v) is 11.4. The fourth-order valence-corrected chi connectivity index (χ4v) is 5.98. The molecule has 1 fully saturated rings. The minimum Gasteiger partial charge on any atom is -0.319 e. The molecule has 0 unspecified atom stereocenters. The topological polar surface area (TPSA) is 71.7 Å². The Kier molecular flexibility index (Phi) is 4.95. The van der Waals surface area contributed by atoms with Gasteiger partial charge < -0.3 is 4.57 Å². The van der Waals surface area contributed by atoms with E-state index in [0.29, 0.717) is 23.5 Å². The van der Waals surface area contributed by atoms with Gasteiger partial charge >= 0.3 is 0 Å². The van der Waals surface area contributed by atoms with Crippen molar-refractivity contribution < 1.29 is 13.2 Å². The number of fused-ring (bicyclic) bond motifs is 1. The lowest BCUT2D eigenvalue weighted by atomic mass is 10.2. The Morgan fingerprint density at radius 1 is 1.07 bits per heavy atom. The molecule has 1 aromatic heterocycles. The van der Waals surface area contributed by atoms with Crippen molar-refractivity contribution in [3.8, 4) is 0 Å². The first kappa shape index (κ1) is 19.0. The van der Waals surface area contributed by atoms with Gasteiger partial charge in [-0.1, -0.05) is 17.4 Å². The summed E-state index contributed by atoms with van der Waals surface area (Å²) in [7, 11) is -1.60. The van der Waals surface area contributed by atoms with E-state index in [1.807, 2.05) is 30.7 Å². The van der Waals surface area contributed by atoms with Crippen molar-refractivity contribution in [2.45, 2.75) is 24.7 Å². The molecule has 0 bridgehead atoms. The molecule has 28 heavy (non-hydrogen) atoms. The molecule has 0 spiro atoms. The predicted molar refractivity (Wildman–Crippen MR) is 110 cm³/mol. The van der Waals surface area contributed by atoms with Crippen molar-refractivity contribution in [1.82, 2.24) is 8.87 Å². The average molecular weight is 416 g/mol. The first-order valence-electron chi connectivity index (χ1n) is 9.12. The van der Waals surface area contributed by atoms with Crippen LogP contribution in [-0.4, -0.2) is 36.3 Å². The molecule has 146 valence electrons. The van der Waals surface area contributed by atoms with Crippen LogP contribution in [0.5, 0.6) is 0 Å². The number of aromatic nitrogens is 1. The SMILES string of the molecule is Cc1ccc2c(c1)sc(=NC(=O)c1ccc(S(=O)(=O)N3CCCC3)cc1)n2C. The lowest BCUT2D eigenvalue weighted by Gasteiger charge is -2.15. The minimum atomic E-state index is -3.48. The van der Waals surface area contributed by atoms with Gasteiger partial charge in [-0.25, -0.2) is 8.42 Å². The highest BCUT2D eigenvalue weighted by Gasteiger charge is 2.27. The smallest absolute Gasteiger partial charge is 0.279 e. The summed E-state index contributed by atoms with van der Waals surface area (Å²) >= 11 is 1.46. The molecule has 0 aliphatic carbocycles. The fourth-order valence-electron chi connectivity index (χ4n) is 3.35. The third-order valence-corrected chi connectivity index (χ3v) is 7.97. The maximum Gasteiger partial charge on any atom is 0.279 e. The van der Waals surface area contributed by atoms with Crippen molar-refractivity contribution in [2.24, 2.45) is 12.0 Å². The Hall–Kier alpha value is -2.29. The van der Waals surface area contributed by atoms with Gasteiger partial charge in [0.2, 0.25) is 10.0 Å². The maximum atomic E-state index is 12.6. The lowest BCUT2D eigenvalue weighted by molar-refractivity contribution is 0.0998. The van der Waals surface area contributed by atoms with Crippen molar-refractivity contribution in [2.75, 3.05) is 13.1 Å². The van der Waals surface area contributed by atoms with E-state index < -0.39 is 10.0 Å². The summed E-state index contributed by atoms with van der Waals surface area (Å²) in [6, 6.07) is 12.2. The Balaban J connectivity index is 1.64. The van der Waals surface area contributed by atoms with Crippen LogP contribution in [0, 0.1) is 6.92 Å². The van der Waals surface area contributed by atoms with E-state index in [0.717, 1.165) is 28.6 Å². The van der Waals surface area contributed by atoms with Crippen LogP contribution in [-0.2, 0) is 17.1 Å². The molecular weight excluding hydrogens is 394 g/mol. The Morgan fingerprint density at radius 2 is 1.75 bits per heavy atom. The molecule has 4 rings (SSSR count). The van der Waals surface area contributed by atoms with Crippen LogP contribution in [0.3, 0.4) is 0 Å². The second kappa shape index (κ2) is 7.27. The van der Waals surface area contributed by atoms with Gasteiger partial charge in [-0.2, -0.15) is 9.30 Å². The molecule has 0 radical (unpaired) electrons. The minimum absolute atomic E-state index is 0.217. The molecule has 1 aliphatic rings. The molecule has 6 nitrogen and oxygen atoms in total. The van der Waals surface area contributed by atoms with E-state index in [1.165, 1.54) is 39.9 Å². The van der Waals surface area contributed by atoms with Gasteiger partial charge in [0.25, 0.3) is 5.91 Å². The second-order valence-corrected chi connectivity index (χ2v) is 9.91. The van der Waals surface area contributed by atoms with Crippen LogP contribution in [0.4, 0.5) is 0 Å². The van der Waals surface area contributed by atoms with Gasteiger partial charge in [0, 0.05) is 25.7 Å². The normalized spacial score (nSPS) is 16.1. The Bertz CT molecular complexity index is 1220. The van der Waals surface area contributed by atoms with Gasteiger partial charge in [0.15, 0.2) is 4.80 Å². The summed E-state index contributed by atoms with van der Waals surface area (Å²) in [4.78, 5) is 17.7. The highest BCUT2D eigenvalue weighted by Crippen LogP contribution is 2.21. The van der Waals surface area contributed by atoms with Crippen LogP contribution in [0.25, 0.3) is 10.2 Å². The predicted octanol–water partition coefficient (Wildman–Crippen LogP) is 3.07. The summed E-state index contributed by atoms with van der Waals surface area (Å²) < 4.78 is 29.6. The molecule has 1 amide bonds. The van der Waals surface area contributed by atoms with Gasteiger partial charge in [0.1, 0.15) is 0 Å². The van der Waals surface area contributed by atoms with E-state index in [1.54, 1.807) is 0 Å². The molecular formula is C20H21N3O3S2. The number of hydrogen-bond acceptors (Lipinski definition) is 4. The molecule has 2 aromatic carbocycles. The molecule has 2 heterocycles. The largest absolute Gasteiger partial charge is 0.319 e. The van der Waals surface area contributed by atoms with Crippen LogP contribution >= 0.6 is 11.3 Å². The highest BCUT2D eigenvalue weighted by atomic mass is 32.2. The number of hydrogen-bond donors (Lipinski definition) is 0. The maximum absolute atomic E-state index is 12.6. The lowest BCUT2D eigenvalue weighted by Crippen LogP contribution is -2.27. The number of amides is 1. The fraction of sp³-hybridized carbons (Fsp3) is 0.300. The highest BCUT2D eigenvalue weighted by molar-refractivity contribution is 7.89. The number of carbonyl (C=O) groups excluding carboxylic acids is 1. The quantitative estimate of drug-likeness (QED) is 0.660. The molecule has 1 aliphatic heterocycles. The van der Waals surface area contributed by atoms with Crippen molar-refractivity contribution >= 4 is 37.5 Å². The number of aryl methyl sites for hydroxylation is 2. The molecule has 0 saturated carbocycles. The zero-order chi connectivity index (χ0) is 19.9. The molecule has 1 saturated heterocycles. The zero-order valence-corrected chi connectivity index (χ0v) is 17.4. The zero-order valence-electron chi connectivity index (χ0n) is 15.8. The summed E-state index contributed by atoms with van der Waals surface area (Å²) in [6.07, 6.45) is 1.78. The van der Waals surface area contributed by atoms with E-state index in [4.69, 9.17) is 0 Å². The first-order chi connectivity index (χ1) is 13.4. The van der Waals surface area contributed by atoms with Crippen molar-refractivity contribution in [1.29, 1.82) is 0 Å². The number of sulfonamides is 1. The molecule has 0 N–H and O–H groups in total. The number of thiazole rings is 1. The summed E-state index contributed by atoms with van der Waals surface area (Å²) in [5, 5.41) is 0. The Labute approximate surface area is 167 Å². The van der Waals surface area contributed by atoms with E-state index in [9.17, 15) is 13.2 Å². The van der Waals surface area contributed by atoms with Gasteiger partial charge in [0.05, 0.1) is 15.1 Å². The van der Waals surface area contributed by atoms with E-state index >= 15 is 0 Å². The van der Waals surface area contributed by atoms with Crippen LogP contribution in [0.2, 0.25) is 0 Å². The van der Waals surface area contributed by atoms with Gasteiger partial charge in [-0.3, -0.25) is 4.79 Å². The average Bonchev–Trinajstić information content (AvgIpc) is 3.31. The van der Waals surface area contributed by atoms with E-state index in [-0.39, 0.29) is 10.8 Å². The van der Waals surface area contributed by atoms with Crippen LogP contribution in [0.1, 0.15) is 28.8 Å². The number of nitrogens with zero attached hydrogens (tertiary/aromatic N) is 3. The van der Waals surface area contributed by atoms with Gasteiger partial charge in [-0.05, 0) is 61.7 Å². The van der Waals surface area contributed by atoms with Crippen LogP contribution in [0.15, 0.2) is 52.4 Å². The third-order valence-electron chi connectivity index (χ3n) is 4.97. The monoisotopic (exact) mass is 415 g/mol. The van der Waals surface area contributed by atoms with Gasteiger partial charge in [-0.15, -0.1) is 0 Å². The standard InChI is InChI=1S/C20H21N3O3S2/c1-14-5-10-17-18(13-14)27-20(22(17)2)21-19(24)15-6-8-16(9-7-15)28(25,26)23-11-3-4-12-23/h5-10,13H,3-4,11-12H2,1-2H3. The molecule has 0 atom stereocenters. The van der Waals surface area contributed by atoms with Crippen molar-refractivity contribution in [3.63, 3.8) is 0 Å². The number of rotatable bonds is 3. The van der Waals surface area contributed by atoms with E-state index in [2.05, 4.69) is 11.1 Å². The number of benzene rings is 2. The molecule has 8 heteroatoms.